The van der Waals surface area contributed by atoms with Crippen molar-refractivity contribution in [1.29, 1.82) is 0 Å². The second-order valence-corrected chi connectivity index (χ2v) is 10.1. The number of sulfonamides is 1. The minimum Gasteiger partial charge on any atom is -0.375 e. The lowest BCUT2D eigenvalue weighted by atomic mass is 9.88. The van der Waals surface area contributed by atoms with Crippen molar-refractivity contribution in [3.05, 3.63) is 69.8 Å². The smallest absolute Gasteiger partial charge is 0.211 e. The van der Waals surface area contributed by atoms with Gasteiger partial charge in [-0.05, 0) is 53.3 Å². The molecular formula is C22H23FN4O2S. The lowest BCUT2D eigenvalue weighted by molar-refractivity contribution is 0.430. The third kappa shape index (κ3) is 3.20. The number of hydrogen-bond donors (Lipinski definition) is 1. The lowest BCUT2D eigenvalue weighted by Gasteiger charge is -2.29. The van der Waals surface area contributed by atoms with Gasteiger partial charge in [0.25, 0.3) is 0 Å². The molecule has 0 atom stereocenters. The van der Waals surface area contributed by atoms with Gasteiger partial charge < -0.3 is 4.90 Å². The third-order valence-corrected chi connectivity index (χ3v) is 7.28. The minimum absolute atomic E-state index is 0.274. The molecule has 8 heteroatoms. The molecule has 0 aromatic heterocycles. The molecule has 3 heterocycles. The van der Waals surface area contributed by atoms with E-state index in [1.807, 2.05) is 25.4 Å². The molecular weight excluding hydrogens is 403 g/mol. The highest BCUT2D eigenvalue weighted by molar-refractivity contribution is 7.88. The van der Waals surface area contributed by atoms with Gasteiger partial charge in [0.15, 0.2) is 0 Å². The Balaban J connectivity index is 1.61. The largest absolute Gasteiger partial charge is 0.375 e. The molecule has 1 aromatic carbocycles. The van der Waals surface area contributed by atoms with Crippen molar-refractivity contribution in [3.8, 4) is 0 Å². The molecule has 0 spiro atoms. The summed E-state index contributed by atoms with van der Waals surface area (Å²) in [6.07, 6.45) is 10.5. The Bertz CT molecular complexity index is 1210. The average Bonchev–Trinajstić information content (AvgIpc) is 2.85. The van der Waals surface area contributed by atoms with Crippen molar-refractivity contribution in [1.82, 2.24) is 14.6 Å². The maximum absolute atomic E-state index is 14.4. The number of rotatable bonds is 2. The Morgan fingerprint density at radius 2 is 2.03 bits per heavy atom. The van der Waals surface area contributed by atoms with Crippen LogP contribution in [0.25, 0.3) is 11.6 Å². The van der Waals surface area contributed by atoms with Crippen molar-refractivity contribution in [2.75, 3.05) is 32.9 Å². The molecule has 156 valence electrons. The van der Waals surface area contributed by atoms with Crippen LogP contribution in [0.4, 0.5) is 4.39 Å². The van der Waals surface area contributed by atoms with Crippen molar-refractivity contribution in [2.24, 2.45) is 5.10 Å². The predicted molar refractivity (Wildman–Crippen MR) is 116 cm³/mol. The second-order valence-electron chi connectivity index (χ2n) is 8.10. The molecule has 4 aliphatic rings. The second kappa shape index (κ2) is 6.92. The van der Waals surface area contributed by atoms with Crippen LogP contribution in [-0.2, 0) is 10.0 Å². The van der Waals surface area contributed by atoms with Gasteiger partial charge in [-0.3, -0.25) is 5.43 Å². The Kier molecular flexibility index (Phi) is 4.44. The normalized spacial score (nSPS) is 21.2. The predicted octanol–water partition coefficient (Wildman–Crippen LogP) is 2.68. The van der Waals surface area contributed by atoms with Gasteiger partial charge in [0, 0.05) is 44.0 Å². The first-order chi connectivity index (χ1) is 14.3. The van der Waals surface area contributed by atoms with E-state index in [2.05, 4.69) is 21.5 Å². The summed E-state index contributed by atoms with van der Waals surface area (Å²) in [5, 5.41) is 4.60. The molecule has 0 fully saturated rings. The highest BCUT2D eigenvalue weighted by Crippen LogP contribution is 2.39. The maximum atomic E-state index is 14.4. The van der Waals surface area contributed by atoms with Crippen LogP contribution in [0.5, 0.6) is 0 Å². The molecule has 30 heavy (non-hydrogen) atoms. The van der Waals surface area contributed by atoms with E-state index in [4.69, 9.17) is 0 Å². The highest BCUT2D eigenvalue weighted by atomic mass is 32.2. The molecule has 1 aromatic rings. The first-order valence-electron chi connectivity index (χ1n) is 9.97. The average molecular weight is 427 g/mol. The molecule has 5 rings (SSSR count). The molecule has 0 saturated carbocycles. The van der Waals surface area contributed by atoms with Gasteiger partial charge in [-0.1, -0.05) is 12.2 Å². The van der Waals surface area contributed by atoms with Crippen LogP contribution in [-0.4, -0.2) is 56.3 Å². The number of hydrogen-bond acceptors (Lipinski definition) is 5. The van der Waals surface area contributed by atoms with Crippen molar-refractivity contribution < 1.29 is 12.8 Å². The Morgan fingerprint density at radius 3 is 2.83 bits per heavy atom. The maximum Gasteiger partial charge on any atom is 0.211 e. The fraction of sp³-hybridized carbons (Fsp3) is 0.318. The number of nitrogens with one attached hydrogen (secondary N) is 1. The van der Waals surface area contributed by atoms with Crippen LogP contribution in [0.1, 0.15) is 29.5 Å². The van der Waals surface area contributed by atoms with E-state index in [0.717, 1.165) is 44.8 Å². The van der Waals surface area contributed by atoms with E-state index in [1.165, 1.54) is 16.6 Å². The summed E-state index contributed by atoms with van der Waals surface area (Å²) in [6, 6.07) is 3.11. The van der Waals surface area contributed by atoms with Gasteiger partial charge in [-0.15, -0.1) is 0 Å². The molecule has 0 radical (unpaired) electrons. The molecule has 3 aliphatic heterocycles. The molecule has 1 N–H and O–H groups in total. The van der Waals surface area contributed by atoms with Crippen LogP contribution >= 0.6 is 0 Å². The standard InChI is InChI=1S/C22H23FN4O2S/c1-26-12-18(14-4-3-8-27(9-7-14)30(2,28)29)22-19(13-26)17-11-16(23)10-15-5-6-20(21(15)17)24-25-22/h4-6,10-11,13,25H,3,7-9,12H2,1-2H3. The zero-order valence-corrected chi connectivity index (χ0v) is 17.8. The first-order valence-corrected chi connectivity index (χ1v) is 11.8. The van der Waals surface area contributed by atoms with Gasteiger partial charge in [0.2, 0.25) is 10.0 Å². The van der Waals surface area contributed by atoms with Gasteiger partial charge in [0.1, 0.15) is 5.82 Å². The summed E-state index contributed by atoms with van der Waals surface area (Å²) in [6.45, 7) is 1.62. The summed E-state index contributed by atoms with van der Waals surface area (Å²) >= 11 is 0. The van der Waals surface area contributed by atoms with Crippen molar-refractivity contribution in [3.63, 3.8) is 0 Å². The number of allylic oxidation sites excluding steroid dienone is 2. The van der Waals surface area contributed by atoms with Crippen LogP contribution < -0.4 is 5.43 Å². The first kappa shape index (κ1) is 19.3. The number of hydrazone groups is 1. The summed E-state index contributed by atoms with van der Waals surface area (Å²) in [7, 11) is -1.22. The Labute approximate surface area is 175 Å². The van der Waals surface area contributed by atoms with E-state index in [1.54, 1.807) is 6.07 Å². The summed E-state index contributed by atoms with van der Waals surface area (Å²) in [4.78, 5) is 2.08. The highest BCUT2D eigenvalue weighted by Gasteiger charge is 2.30. The summed E-state index contributed by atoms with van der Waals surface area (Å²) in [5.74, 6) is -0.274. The van der Waals surface area contributed by atoms with Crippen LogP contribution in [0.15, 0.2) is 52.4 Å². The SMILES string of the molecule is CN1C=C2C(=C(C3=CCCN(S(C)(=O)=O)CC3)C1)NN=C1C=Cc3cc(F)cc2c31. The summed E-state index contributed by atoms with van der Waals surface area (Å²) in [5.41, 5.74) is 10.6. The molecule has 0 saturated heterocycles. The number of halogens is 1. The fourth-order valence-corrected chi connectivity index (χ4v) is 5.44. The van der Waals surface area contributed by atoms with Crippen LogP contribution in [0.2, 0.25) is 0 Å². The minimum atomic E-state index is -3.22. The Morgan fingerprint density at radius 1 is 1.20 bits per heavy atom. The fourth-order valence-electron chi connectivity index (χ4n) is 4.58. The zero-order chi connectivity index (χ0) is 21.0. The Hall–Kier alpha value is -2.71. The van der Waals surface area contributed by atoms with E-state index in [0.29, 0.717) is 32.5 Å². The molecule has 6 nitrogen and oxygen atoms in total. The van der Waals surface area contributed by atoms with Gasteiger partial charge in [-0.2, -0.15) is 5.10 Å². The van der Waals surface area contributed by atoms with E-state index in [9.17, 15) is 12.8 Å². The van der Waals surface area contributed by atoms with E-state index in [-0.39, 0.29) is 5.82 Å². The van der Waals surface area contributed by atoms with Gasteiger partial charge >= 0.3 is 0 Å². The molecule has 1 aliphatic carbocycles. The molecule has 0 unspecified atom stereocenters. The van der Waals surface area contributed by atoms with Crippen molar-refractivity contribution in [2.45, 2.75) is 12.8 Å². The number of benzene rings is 1. The number of fused-ring (bicyclic) bond motifs is 2. The van der Waals surface area contributed by atoms with Crippen LogP contribution in [0.3, 0.4) is 0 Å². The quantitative estimate of drug-likeness (QED) is 0.790. The topological polar surface area (TPSA) is 65.0 Å². The lowest BCUT2D eigenvalue weighted by Crippen LogP contribution is -2.31. The summed E-state index contributed by atoms with van der Waals surface area (Å²) < 4.78 is 39.9. The van der Waals surface area contributed by atoms with E-state index >= 15 is 0 Å². The number of nitrogens with zero attached hydrogens (tertiary/aromatic N) is 3. The van der Waals surface area contributed by atoms with Crippen LogP contribution in [0, 0.1) is 5.82 Å². The molecule has 0 amide bonds. The monoisotopic (exact) mass is 426 g/mol. The number of likely N-dealkylation sites (N-methyl/N-ethyl adjacent to an activating group) is 1. The van der Waals surface area contributed by atoms with E-state index < -0.39 is 10.0 Å². The van der Waals surface area contributed by atoms with Crippen molar-refractivity contribution >= 4 is 27.4 Å². The van der Waals surface area contributed by atoms with Gasteiger partial charge in [0.05, 0.1) is 17.7 Å². The van der Waals surface area contributed by atoms with Gasteiger partial charge in [-0.25, -0.2) is 17.1 Å². The molecule has 0 bridgehead atoms. The third-order valence-electron chi connectivity index (χ3n) is 5.97. The zero-order valence-electron chi connectivity index (χ0n) is 16.9.